The Morgan fingerprint density at radius 3 is 2.43 bits per heavy atom. The van der Waals surface area contributed by atoms with Gasteiger partial charge in [-0.25, -0.2) is 0 Å². The van der Waals surface area contributed by atoms with E-state index in [4.69, 9.17) is 0 Å². The molecule has 0 N–H and O–H groups in total. The van der Waals surface area contributed by atoms with Crippen LogP contribution in [-0.2, 0) is 5.41 Å². The molecule has 1 aliphatic heterocycles. The molecule has 0 aliphatic carbocycles. The third-order valence-corrected chi connectivity index (χ3v) is 5.62. The number of hydrogen-bond acceptors (Lipinski definition) is 1. The van der Waals surface area contributed by atoms with E-state index in [1.165, 1.54) is 5.56 Å². The van der Waals surface area contributed by atoms with Gasteiger partial charge in [0.05, 0.1) is 5.69 Å². The van der Waals surface area contributed by atoms with Gasteiger partial charge in [-0.05, 0) is 53.9 Å². The molecule has 2 rings (SSSR count). The van der Waals surface area contributed by atoms with Gasteiger partial charge >= 0.3 is 0 Å². The summed E-state index contributed by atoms with van der Waals surface area (Å²) in [6.45, 7) is 4.32. The van der Waals surface area contributed by atoms with Gasteiger partial charge in [0.2, 0.25) is 0 Å². The largest absolute Gasteiger partial charge is 0.260 e. The number of halogens is 3. The van der Waals surface area contributed by atoms with Crippen molar-refractivity contribution in [1.82, 2.24) is 0 Å². The average Bonchev–Trinajstić information content (AvgIpc) is 2.38. The molecule has 0 amide bonds. The Labute approximate surface area is 108 Å². The van der Waals surface area contributed by atoms with Crippen LogP contribution < -0.4 is 0 Å². The monoisotopic (exact) mass is 379 g/mol. The minimum absolute atomic E-state index is 0.0113. The molecule has 4 heteroatoms. The van der Waals surface area contributed by atoms with Crippen LogP contribution in [0.15, 0.2) is 24.5 Å². The lowest BCUT2D eigenvalue weighted by molar-refractivity contribution is 0.747. The summed E-state index contributed by atoms with van der Waals surface area (Å²) in [6, 6.07) is 2.04. The Kier molecular flexibility index (Phi) is 2.65. The Morgan fingerprint density at radius 2 is 1.79 bits per heavy atom. The van der Waals surface area contributed by atoms with E-state index < -0.39 is 0 Å². The predicted octanol–water partition coefficient (Wildman–Crippen LogP) is 4.97. The van der Waals surface area contributed by atoms with Crippen molar-refractivity contribution in [2.75, 3.05) is 0 Å². The van der Waals surface area contributed by atoms with Crippen molar-refractivity contribution in [3.63, 3.8) is 0 Å². The summed E-state index contributed by atoms with van der Waals surface area (Å²) in [5.41, 5.74) is 2.29. The third-order valence-electron chi connectivity index (χ3n) is 2.31. The molecule has 0 atom stereocenters. The van der Waals surface area contributed by atoms with E-state index in [0.717, 1.165) is 19.1 Å². The second kappa shape index (κ2) is 3.42. The average molecular weight is 382 g/mol. The quantitative estimate of drug-likeness (QED) is 0.563. The zero-order chi connectivity index (χ0) is 10.5. The predicted molar refractivity (Wildman–Crippen MR) is 70.7 cm³/mol. The molecule has 1 heterocycles. The number of benzene rings is 1. The molecule has 0 bridgehead atoms. The SMILES string of the molecule is CC1(C)C=Nc2cc(Br)c(Br)c(Br)c21. The highest BCUT2D eigenvalue weighted by Crippen LogP contribution is 2.47. The topological polar surface area (TPSA) is 12.4 Å². The molecule has 1 aromatic carbocycles. The Morgan fingerprint density at radius 1 is 1.14 bits per heavy atom. The molecule has 1 nitrogen and oxygen atoms in total. The minimum Gasteiger partial charge on any atom is -0.260 e. The molecule has 0 saturated heterocycles. The Hall–Kier alpha value is 0.330. The highest BCUT2D eigenvalue weighted by Gasteiger charge is 2.30. The standard InChI is InChI=1S/C10H8Br3N/c1-10(2)4-14-6-3-5(11)8(12)9(13)7(6)10/h3-4H,1-2H3. The van der Waals surface area contributed by atoms with Crippen LogP contribution >= 0.6 is 47.8 Å². The van der Waals surface area contributed by atoms with E-state index in [-0.39, 0.29) is 5.41 Å². The number of fused-ring (bicyclic) bond motifs is 1. The van der Waals surface area contributed by atoms with Gasteiger partial charge in [0.1, 0.15) is 0 Å². The van der Waals surface area contributed by atoms with Crippen LogP contribution in [0.1, 0.15) is 19.4 Å². The maximum absolute atomic E-state index is 4.41. The number of aliphatic imine (C=N–C) groups is 1. The van der Waals surface area contributed by atoms with Crippen LogP contribution in [-0.4, -0.2) is 6.21 Å². The summed E-state index contributed by atoms with van der Waals surface area (Å²) in [6.07, 6.45) is 1.99. The molecular weight excluding hydrogens is 374 g/mol. The van der Waals surface area contributed by atoms with Crippen LogP contribution in [0.5, 0.6) is 0 Å². The highest BCUT2D eigenvalue weighted by atomic mass is 79.9. The van der Waals surface area contributed by atoms with Gasteiger partial charge in [0, 0.05) is 30.6 Å². The van der Waals surface area contributed by atoms with E-state index in [1.54, 1.807) is 0 Å². The summed E-state index contributed by atoms with van der Waals surface area (Å²) in [4.78, 5) is 4.41. The molecule has 1 aromatic rings. The number of nitrogens with zero attached hydrogens (tertiary/aromatic N) is 1. The van der Waals surface area contributed by atoms with Gasteiger partial charge in [-0.15, -0.1) is 0 Å². The van der Waals surface area contributed by atoms with Gasteiger partial charge in [-0.2, -0.15) is 0 Å². The van der Waals surface area contributed by atoms with E-state index in [1.807, 2.05) is 12.3 Å². The van der Waals surface area contributed by atoms with E-state index in [2.05, 4.69) is 66.6 Å². The van der Waals surface area contributed by atoms with Gasteiger partial charge in [0.15, 0.2) is 0 Å². The lowest BCUT2D eigenvalue weighted by Gasteiger charge is -2.18. The van der Waals surface area contributed by atoms with Crippen molar-refractivity contribution in [2.45, 2.75) is 19.3 Å². The molecule has 14 heavy (non-hydrogen) atoms. The molecule has 0 unspecified atom stereocenters. The summed E-state index contributed by atoms with van der Waals surface area (Å²) in [5.74, 6) is 0. The first-order valence-electron chi connectivity index (χ1n) is 4.16. The lowest BCUT2D eigenvalue weighted by Crippen LogP contribution is -2.15. The maximum atomic E-state index is 4.41. The second-order valence-electron chi connectivity index (χ2n) is 3.86. The first kappa shape index (κ1) is 10.8. The Bertz CT molecular complexity index is 435. The van der Waals surface area contributed by atoms with Crippen molar-refractivity contribution in [2.24, 2.45) is 4.99 Å². The molecular formula is C10H8Br3N. The zero-order valence-corrected chi connectivity index (χ0v) is 12.5. The molecule has 0 aromatic heterocycles. The van der Waals surface area contributed by atoms with Crippen LogP contribution in [0.25, 0.3) is 0 Å². The van der Waals surface area contributed by atoms with Crippen LogP contribution in [0.3, 0.4) is 0 Å². The first-order valence-corrected chi connectivity index (χ1v) is 6.54. The normalized spacial score (nSPS) is 17.2. The summed E-state index contributed by atoms with van der Waals surface area (Å²) in [5, 5.41) is 0. The number of rotatable bonds is 0. The fourth-order valence-corrected chi connectivity index (χ4v) is 3.51. The zero-order valence-electron chi connectivity index (χ0n) is 7.74. The maximum Gasteiger partial charge on any atom is 0.0690 e. The lowest BCUT2D eigenvalue weighted by atomic mass is 9.87. The second-order valence-corrected chi connectivity index (χ2v) is 6.30. The van der Waals surface area contributed by atoms with Gasteiger partial charge in [-0.1, -0.05) is 13.8 Å². The molecule has 0 saturated carbocycles. The highest BCUT2D eigenvalue weighted by molar-refractivity contribution is 9.14. The van der Waals surface area contributed by atoms with Crippen molar-refractivity contribution < 1.29 is 0 Å². The fourth-order valence-electron chi connectivity index (χ4n) is 1.59. The summed E-state index contributed by atoms with van der Waals surface area (Å²) < 4.78 is 3.16. The fraction of sp³-hybridized carbons (Fsp3) is 0.300. The molecule has 74 valence electrons. The van der Waals surface area contributed by atoms with Crippen LogP contribution in [0, 0.1) is 0 Å². The van der Waals surface area contributed by atoms with Crippen LogP contribution in [0.4, 0.5) is 5.69 Å². The summed E-state index contributed by atoms with van der Waals surface area (Å²) >= 11 is 10.6. The smallest absolute Gasteiger partial charge is 0.0690 e. The molecule has 0 radical (unpaired) electrons. The Balaban J connectivity index is 2.77. The van der Waals surface area contributed by atoms with Gasteiger partial charge in [-0.3, -0.25) is 4.99 Å². The van der Waals surface area contributed by atoms with Crippen molar-refractivity contribution in [3.05, 3.63) is 25.0 Å². The molecule has 0 spiro atoms. The van der Waals surface area contributed by atoms with Crippen molar-refractivity contribution >= 4 is 59.7 Å². The number of hydrogen-bond donors (Lipinski definition) is 0. The van der Waals surface area contributed by atoms with Crippen molar-refractivity contribution in [1.29, 1.82) is 0 Å². The van der Waals surface area contributed by atoms with Crippen LogP contribution in [0.2, 0.25) is 0 Å². The third kappa shape index (κ3) is 1.51. The van der Waals surface area contributed by atoms with Gasteiger partial charge in [0.25, 0.3) is 0 Å². The van der Waals surface area contributed by atoms with E-state index in [0.29, 0.717) is 0 Å². The minimum atomic E-state index is 0.0113. The molecule has 0 fully saturated rings. The van der Waals surface area contributed by atoms with E-state index in [9.17, 15) is 0 Å². The van der Waals surface area contributed by atoms with Crippen molar-refractivity contribution in [3.8, 4) is 0 Å². The molecule has 1 aliphatic rings. The van der Waals surface area contributed by atoms with Gasteiger partial charge < -0.3 is 0 Å². The van der Waals surface area contributed by atoms with E-state index >= 15 is 0 Å². The first-order chi connectivity index (χ1) is 6.43. The summed E-state index contributed by atoms with van der Waals surface area (Å²) in [7, 11) is 0.